The Kier molecular flexibility index (Phi) is 1.19. The van der Waals surface area contributed by atoms with Crippen molar-refractivity contribution >= 4 is 11.6 Å². The number of hydrogen-bond donors (Lipinski definition) is 1. The lowest BCUT2D eigenvalue weighted by molar-refractivity contribution is -0.117. The maximum Gasteiger partial charge on any atom is 0.138 e. The molecule has 0 fully saturated rings. The Balaban J connectivity index is 2.36. The Hall–Kier alpha value is -0.930. The predicted molar refractivity (Wildman–Crippen MR) is 35.9 cm³/mol. The van der Waals surface area contributed by atoms with Gasteiger partial charge in [0, 0.05) is 6.08 Å². The molecule has 0 amide bonds. The van der Waals surface area contributed by atoms with Crippen molar-refractivity contribution in [1.82, 2.24) is 10.5 Å². The fourth-order valence-corrected chi connectivity index (χ4v) is 0.954. The van der Waals surface area contributed by atoms with Crippen LogP contribution in [0, 0.1) is 6.08 Å². The van der Waals surface area contributed by atoms with Crippen LogP contribution in [0.2, 0.25) is 0 Å². The van der Waals surface area contributed by atoms with Crippen molar-refractivity contribution in [2.24, 2.45) is 0 Å². The molecule has 51 valence electrons. The Morgan fingerprint density at radius 1 is 1.70 bits per heavy atom. The van der Waals surface area contributed by atoms with Crippen LogP contribution in [0.15, 0.2) is 29.2 Å². The number of nitrogens with one attached hydrogen (secondary N) is 1. The number of rotatable bonds is 0. The average molecular weight is 156 g/mol. The van der Waals surface area contributed by atoms with Crippen LogP contribution in [0.3, 0.4) is 0 Å². The zero-order valence-corrected chi connectivity index (χ0v) is 5.72. The van der Waals surface area contributed by atoms with Gasteiger partial charge in [-0.15, -0.1) is 0 Å². The van der Waals surface area contributed by atoms with E-state index in [0.29, 0.717) is 5.16 Å². The Morgan fingerprint density at radius 2 is 2.60 bits per heavy atom. The first-order valence-corrected chi connectivity index (χ1v) is 3.14. The number of nitrogens with zero attached hydrogens (tertiary/aromatic N) is 1. The summed E-state index contributed by atoms with van der Waals surface area (Å²) in [6.45, 7) is 0. The van der Waals surface area contributed by atoms with Crippen LogP contribution in [0.5, 0.6) is 0 Å². The Labute approximate surface area is 63.1 Å². The standard InChI is InChI=1S/C6H4ClN2O/c7-6-3-1-2-5-4-8-10-9(5)6/h1,3-4,8H. The molecule has 3 nitrogen and oxygen atoms in total. The molecule has 10 heavy (non-hydrogen) atoms. The fourth-order valence-electron chi connectivity index (χ4n) is 0.765. The van der Waals surface area contributed by atoms with Crippen molar-refractivity contribution in [3.63, 3.8) is 0 Å². The van der Waals surface area contributed by atoms with Gasteiger partial charge < -0.3 is 0 Å². The van der Waals surface area contributed by atoms with Crippen LogP contribution in [-0.2, 0) is 4.94 Å². The van der Waals surface area contributed by atoms with Crippen LogP contribution >= 0.6 is 11.6 Å². The summed E-state index contributed by atoms with van der Waals surface area (Å²) in [6.07, 6.45) is 8.04. The molecule has 0 bridgehead atoms. The maximum atomic E-state index is 5.73. The molecule has 0 saturated carbocycles. The van der Waals surface area contributed by atoms with E-state index in [4.69, 9.17) is 16.5 Å². The van der Waals surface area contributed by atoms with Gasteiger partial charge in [-0.05, 0) is 12.2 Å². The minimum Gasteiger partial charge on any atom is -0.247 e. The average Bonchev–Trinajstić information content (AvgIpc) is 2.36. The maximum absolute atomic E-state index is 5.73. The van der Waals surface area contributed by atoms with E-state index >= 15 is 0 Å². The van der Waals surface area contributed by atoms with Gasteiger partial charge in [-0.1, -0.05) is 11.6 Å². The molecule has 1 N–H and O–H groups in total. The number of hydrogen-bond acceptors (Lipinski definition) is 3. The minimum atomic E-state index is 0.523. The quantitative estimate of drug-likeness (QED) is 0.529. The minimum absolute atomic E-state index is 0.523. The highest BCUT2D eigenvalue weighted by atomic mass is 35.5. The molecule has 2 aliphatic rings. The van der Waals surface area contributed by atoms with E-state index in [0.717, 1.165) is 5.70 Å². The number of hydroxylamine groups is 3. The topological polar surface area (TPSA) is 24.5 Å². The van der Waals surface area contributed by atoms with Crippen molar-refractivity contribution in [3.05, 3.63) is 35.3 Å². The largest absolute Gasteiger partial charge is 0.247 e. The number of allylic oxidation sites excluding steroid dienone is 3. The van der Waals surface area contributed by atoms with Crippen molar-refractivity contribution in [3.8, 4) is 0 Å². The molecular weight excluding hydrogens is 152 g/mol. The summed E-state index contributed by atoms with van der Waals surface area (Å²) in [4.78, 5) is 4.88. The second kappa shape index (κ2) is 2.04. The molecule has 0 unspecified atom stereocenters. The molecule has 4 heteroatoms. The lowest BCUT2D eigenvalue weighted by Gasteiger charge is -2.16. The van der Waals surface area contributed by atoms with E-state index in [1.54, 1.807) is 18.4 Å². The Bertz CT molecular complexity index is 244. The zero-order valence-electron chi connectivity index (χ0n) is 4.97. The van der Waals surface area contributed by atoms with Gasteiger partial charge in [0.2, 0.25) is 0 Å². The van der Waals surface area contributed by atoms with E-state index in [9.17, 15) is 0 Å². The molecule has 0 aromatic carbocycles. The van der Waals surface area contributed by atoms with Gasteiger partial charge in [-0.3, -0.25) is 0 Å². The molecule has 1 radical (unpaired) electrons. The van der Waals surface area contributed by atoms with E-state index < -0.39 is 0 Å². The normalized spacial score (nSPS) is 21.5. The van der Waals surface area contributed by atoms with Gasteiger partial charge in [0.1, 0.15) is 5.16 Å². The SMILES string of the molecule is ClC1=CC=[C]C2=CNON12. The van der Waals surface area contributed by atoms with E-state index in [1.807, 2.05) is 0 Å². The summed E-state index contributed by atoms with van der Waals surface area (Å²) in [6, 6.07) is 0. The summed E-state index contributed by atoms with van der Waals surface area (Å²) in [5, 5.41) is 1.97. The van der Waals surface area contributed by atoms with Gasteiger partial charge in [0.15, 0.2) is 0 Å². The monoisotopic (exact) mass is 155 g/mol. The van der Waals surface area contributed by atoms with Crippen molar-refractivity contribution in [1.29, 1.82) is 0 Å². The van der Waals surface area contributed by atoms with E-state index in [2.05, 4.69) is 11.6 Å². The predicted octanol–water partition coefficient (Wildman–Crippen LogP) is 1.03. The van der Waals surface area contributed by atoms with Crippen LogP contribution in [0.4, 0.5) is 0 Å². The van der Waals surface area contributed by atoms with E-state index in [-0.39, 0.29) is 0 Å². The molecule has 2 rings (SSSR count). The third-order valence-corrected chi connectivity index (χ3v) is 1.48. The smallest absolute Gasteiger partial charge is 0.138 e. The second-order valence-corrected chi connectivity index (χ2v) is 2.22. The third-order valence-electron chi connectivity index (χ3n) is 1.20. The highest BCUT2D eigenvalue weighted by Crippen LogP contribution is 2.23. The summed E-state index contributed by atoms with van der Waals surface area (Å²) < 4.78 is 0. The first kappa shape index (κ1) is 5.82. The van der Waals surface area contributed by atoms with Crippen LogP contribution in [0.25, 0.3) is 0 Å². The molecular formula is C6H4ClN2O. The Morgan fingerprint density at radius 3 is 3.40 bits per heavy atom. The zero-order chi connectivity index (χ0) is 6.97. The molecule has 2 aliphatic heterocycles. The lowest BCUT2D eigenvalue weighted by atomic mass is 10.3. The van der Waals surface area contributed by atoms with Gasteiger partial charge in [0.05, 0.1) is 11.9 Å². The first-order valence-electron chi connectivity index (χ1n) is 2.76. The third kappa shape index (κ3) is 0.716. The summed E-state index contributed by atoms with van der Waals surface area (Å²) in [7, 11) is 0. The molecule has 0 aliphatic carbocycles. The fraction of sp³-hybridized carbons (Fsp3) is 0. The number of halogens is 1. The van der Waals surface area contributed by atoms with Crippen molar-refractivity contribution in [2.75, 3.05) is 0 Å². The molecule has 0 saturated heterocycles. The van der Waals surface area contributed by atoms with Crippen LogP contribution in [0.1, 0.15) is 0 Å². The molecule has 0 aromatic rings. The highest BCUT2D eigenvalue weighted by molar-refractivity contribution is 6.29. The molecule has 2 heterocycles. The molecule has 0 spiro atoms. The second-order valence-electron chi connectivity index (χ2n) is 1.83. The van der Waals surface area contributed by atoms with Crippen LogP contribution in [-0.4, -0.2) is 5.06 Å². The lowest BCUT2D eigenvalue weighted by Crippen LogP contribution is -2.18. The van der Waals surface area contributed by atoms with Gasteiger partial charge in [-0.25, -0.2) is 5.48 Å². The summed E-state index contributed by atoms with van der Waals surface area (Å²) >= 11 is 5.73. The summed E-state index contributed by atoms with van der Waals surface area (Å²) in [5.74, 6) is 0. The van der Waals surface area contributed by atoms with Crippen molar-refractivity contribution in [2.45, 2.75) is 0 Å². The highest BCUT2D eigenvalue weighted by Gasteiger charge is 2.19. The van der Waals surface area contributed by atoms with Gasteiger partial charge in [-0.2, -0.15) is 10.0 Å². The van der Waals surface area contributed by atoms with E-state index in [1.165, 1.54) is 5.06 Å². The number of fused-ring (bicyclic) bond motifs is 1. The molecule has 0 atom stereocenters. The van der Waals surface area contributed by atoms with Crippen LogP contribution < -0.4 is 5.48 Å². The van der Waals surface area contributed by atoms with Crippen molar-refractivity contribution < 1.29 is 4.94 Å². The first-order chi connectivity index (χ1) is 4.88. The summed E-state index contributed by atoms with van der Waals surface area (Å²) in [5.41, 5.74) is 3.34. The van der Waals surface area contributed by atoms with Gasteiger partial charge >= 0.3 is 0 Å². The van der Waals surface area contributed by atoms with Gasteiger partial charge in [0.25, 0.3) is 0 Å². The molecule has 0 aromatic heterocycles.